The van der Waals surface area contributed by atoms with E-state index in [0.29, 0.717) is 0 Å². The van der Waals surface area contributed by atoms with Crippen LogP contribution in [0.5, 0.6) is 0 Å². The van der Waals surface area contributed by atoms with E-state index in [0.717, 1.165) is 16.9 Å². The molecule has 0 unspecified atom stereocenters. The summed E-state index contributed by atoms with van der Waals surface area (Å²) in [7, 11) is 3.96. The molecule has 0 aliphatic rings. The lowest BCUT2D eigenvalue weighted by atomic mass is 10.2. The normalized spacial score (nSPS) is 12.8. The predicted octanol–water partition coefficient (Wildman–Crippen LogP) is 2.93. The Morgan fingerprint density at radius 1 is 1.30 bits per heavy atom. The van der Waals surface area contributed by atoms with Crippen molar-refractivity contribution in [2.24, 2.45) is 7.05 Å². The Kier molecular flexibility index (Phi) is 3.17. The van der Waals surface area contributed by atoms with Gasteiger partial charge >= 0.3 is 0 Å². The van der Waals surface area contributed by atoms with Gasteiger partial charge in [0.05, 0.1) is 17.6 Å². The van der Waals surface area contributed by atoms with Crippen molar-refractivity contribution in [1.82, 2.24) is 19.7 Å². The van der Waals surface area contributed by atoms with Gasteiger partial charge in [-0.3, -0.25) is 4.68 Å². The molecule has 5 nitrogen and oxygen atoms in total. The zero-order valence-corrected chi connectivity index (χ0v) is 12.8. The van der Waals surface area contributed by atoms with Gasteiger partial charge in [-0.15, -0.1) is 11.3 Å². The zero-order valence-electron chi connectivity index (χ0n) is 12.0. The smallest absolute Gasteiger partial charge is 0.163 e. The summed E-state index contributed by atoms with van der Waals surface area (Å²) in [5.41, 5.74) is 0.858. The number of hydrogen-bond donors (Lipinski definition) is 0. The standard InChI is InChI=1S/C14H17N5S/c1-9-5-6-12(20-9)10(2)18(3)13-11-7-17-19(4)14(11)16-8-15-13/h5-8,10H,1-4H3/t10-/m0/s1. The third-order valence-electron chi connectivity index (χ3n) is 3.60. The Balaban J connectivity index is 2.02. The Labute approximate surface area is 121 Å². The number of hydrogen-bond acceptors (Lipinski definition) is 5. The van der Waals surface area contributed by atoms with Gasteiger partial charge in [0.1, 0.15) is 12.1 Å². The molecule has 0 aliphatic carbocycles. The summed E-state index contributed by atoms with van der Waals surface area (Å²) < 4.78 is 1.77. The second-order valence-corrected chi connectivity index (χ2v) is 6.26. The molecule has 6 heteroatoms. The highest BCUT2D eigenvalue weighted by molar-refractivity contribution is 7.12. The number of aryl methyl sites for hydroxylation is 2. The molecule has 0 spiro atoms. The van der Waals surface area contributed by atoms with Crippen molar-refractivity contribution >= 4 is 28.2 Å². The van der Waals surface area contributed by atoms with Gasteiger partial charge in [-0.1, -0.05) is 0 Å². The minimum Gasteiger partial charge on any atom is -0.351 e. The number of thiophene rings is 1. The topological polar surface area (TPSA) is 46.8 Å². The first-order valence-electron chi connectivity index (χ1n) is 6.50. The summed E-state index contributed by atoms with van der Waals surface area (Å²) in [6.07, 6.45) is 3.43. The minimum atomic E-state index is 0.270. The fourth-order valence-corrected chi connectivity index (χ4v) is 3.26. The van der Waals surface area contributed by atoms with Crippen LogP contribution in [0.4, 0.5) is 5.82 Å². The Hall–Kier alpha value is -1.95. The van der Waals surface area contributed by atoms with Crippen LogP contribution in [0.1, 0.15) is 22.7 Å². The average Bonchev–Trinajstić information content (AvgIpc) is 3.04. The summed E-state index contributed by atoms with van der Waals surface area (Å²) in [5.74, 6) is 0.918. The molecule has 0 fully saturated rings. The van der Waals surface area contributed by atoms with Crippen molar-refractivity contribution in [2.45, 2.75) is 19.9 Å². The highest BCUT2D eigenvalue weighted by Gasteiger charge is 2.18. The van der Waals surface area contributed by atoms with Crippen LogP contribution in [0.25, 0.3) is 11.0 Å². The quantitative estimate of drug-likeness (QED) is 0.743. The van der Waals surface area contributed by atoms with Gasteiger partial charge in [0.2, 0.25) is 0 Å². The molecular formula is C14H17N5S. The van der Waals surface area contributed by atoms with E-state index < -0.39 is 0 Å². The number of nitrogens with zero attached hydrogens (tertiary/aromatic N) is 5. The summed E-state index contributed by atoms with van der Waals surface area (Å²) in [6, 6.07) is 4.61. The molecule has 3 heterocycles. The van der Waals surface area contributed by atoms with Gasteiger partial charge < -0.3 is 4.90 Å². The Bertz CT molecular complexity index is 745. The van der Waals surface area contributed by atoms with Crippen molar-refractivity contribution < 1.29 is 0 Å². The molecular weight excluding hydrogens is 270 g/mol. The van der Waals surface area contributed by atoms with Crippen LogP contribution >= 0.6 is 11.3 Å². The van der Waals surface area contributed by atoms with Crippen LogP contribution in [-0.2, 0) is 7.05 Å². The van der Waals surface area contributed by atoms with E-state index in [9.17, 15) is 0 Å². The van der Waals surface area contributed by atoms with Gasteiger partial charge in [0.25, 0.3) is 0 Å². The van der Waals surface area contributed by atoms with Crippen molar-refractivity contribution in [2.75, 3.05) is 11.9 Å². The Morgan fingerprint density at radius 3 is 2.80 bits per heavy atom. The minimum absolute atomic E-state index is 0.270. The van der Waals surface area contributed by atoms with Crippen molar-refractivity contribution in [3.63, 3.8) is 0 Å². The summed E-state index contributed by atoms with van der Waals surface area (Å²) in [6.45, 7) is 4.32. The molecule has 1 atom stereocenters. The molecule has 104 valence electrons. The van der Waals surface area contributed by atoms with E-state index in [1.165, 1.54) is 9.75 Å². The van der Waals surface area contributed by atoms with E-state index in [-0.39, 0.29) is 6.04 Å². The molecule has 0 N–H and O–H groups in total. The average molecular weight is 287 g/mol. The number of aromatic nitrogens is 4. The first-order valence-corrected chi connectivity index (χ1v) is 7.31. The maximum Gasteiger partial charge on any atom is 0.163 e. The van der Waals surface area contributed by atoms with Gasteiger partial charge in [0.15, 0.2) is 5.65 Å². The first kappa shape index (κ1) is 13.1. The summed E-state index contributed by atoms with van der Waals surface area (Å²) in [5, 5.41) is 5.25. The highest BCUT2D eigenvalue weighted by Crippen LogP contribution is 2.31. The van der Waals surface area contributed by atoms with E-state index >= 15 is 0 Å². The lowest BCUT2D eigenvalue weighted by molar-refractivity contribution is 0.743. The lowest BCUT2D eigenvalue weighted by Crippen LogP contribution is -2.22. The Morgan fingerprint density at radius 2 is 2.10 bits per heavy atom. The van der Waals surface area contributed by atoms with E-state index in [2.05, 4.69) is 53.0 Å². The van der Waals surface area contributed by atoms with Crippen molar-refractivity contribution in [3.8, 4) is 0 Å². The summed E-state index contributed by atoms with van der Waals surface area (Å²) in [4.78, 5) is 13.6. The number of rotatable bonds is 3. The number of anilines is 1. The molecule has 0 aliphatic heterocycles. The third kappa shape index (κ3) is 2.06. The molecule has 0 saturated heterocycles. The second kappa shape index (κ2) is 4.86. The fourth-order valence-electron chi connectivity index (χ4n) is 2.28. The van der Waals surface area contributed by atoms with Gasteiger partial charge in [-0.25, -0.2) is 9.97 Å². The van der Waals surface area contributed by atoms with Gasteiger partial charge in [-0.05, 0) is 26.0 Å². The lowest BCUT2D eigenvalue weighted by Gasteiger charge is -2.25. The molecule has 3 aromatic rings. The van der Waals surface area contributed by atoms with E-state index in [1.54, 1.807) is 11.0 Å². The molecule has 3 aromatic heterocycles. The first-order chi connectivity index (χ1) is 9.58. The molecule has 3 rings (SSSR count). The molecule has 0 radical (unpaired) electrons. The molecule has 0 bridgehead atoms. The van der Waals surface area contributed by atoms with Crippen LogP contribution in [0, 0.1) is 6.92 Å². The predicted molar refractivity (Wildman–Crippen MR) is 82.2 cm³/mol. The molecule has 20 heavy (non-hydrogen) atoms. The maximum absolute atomic E-state index is 4.44. The summed E-state index contributed by atoms with van der Waals surface area (Å²) >= 11 is 1.82. The van der Waals surface area contributed by atoms with Crippen LogP contribution in [-0.4, -0.2) is 26.8 Å². The zero-order chi connectivity index (χ0) is 14.3. The van der Waals surface area contributed by atoms with Crippen molar-refractivity contribution in [1.29, 1.82) is 0 Å². The second-order valence-electron chi connectivity index (χ2n) is 4.94. The van der Waals surface area contributed by atoms with Gasteiger partial charge in [0, 0.05) is 23.8 Å². The third-order valence-corrected chi connectivity index (χ3v) is 4.77. The molecule has 0 aromatic carbocycles. The number of fused-ring (bicyclic) bond motifs is 1. The van der Waals surface area contributed by atoms with E-state index in [1.807, 2.05) is 24.6 Å². The molecule has 0 saturated carbocycles. The van der Waals surface area contributed by atoms with E-state index in [4.69, 9.17) is 0 Å². The molecule has 0 amide bonds. The van der Waals surface area contributed by atoms with Crippen LogP contribution in [0.15, 0.2) is 24.7 Å². The van der Waals surface area contributed by atoms with Crippen LogP contribution in [0.3, 0.4) is 0 Å². The van der Waals surface area contributed by atoms with Crippen LogP contribution in [0.2, 0.25) is 0 Å². The van der Waals surface area contributed by atoms with Crippen LogP contribution < -0.4 is 4.90 Å². The fraction of sp³-hybridized carbons (Fsp3) is 0.357. The SMILES string of the molecule is Cc1ccc([C@H](C)N(C)c2ncnc3c2cnn3C)s1. The monoisotopic (exact) mass is 287 g/mol. The highest BCUT2D eigenvalue weighted by atomic mass is 32.1. The van der Waals surface area contributed by atoms with Gasteiger partial charge in [-0.2, -0.15) is 5.10 Å². The largest absolute Gasteiger partial charge is 0.351 e. The maximum atomic E-state index is 4.44. The van der Waals surface area contributed by atoms with Crippen molar-refractivity contribution in [3.05, 3.63) is 34.4 Å².